The molecule has 5 heteroatoms. The molecule has 0 N–H and O–H groups in total. The van der Waals surface area contributed by atoms with Crippen LogP contribution in [0.5, 0.6) is 0 Å². The van der Waals surface area contributed by atoms with Crippen molar-refractivity contribution in [1.29, 1.82) is 0 Å². The van der Waals surface area contributed by atoms with Crippen molar-refractivity contribution in [2.45, 2.75) is 0 Å². The van der Waals surface area contributed by atoms with Crippen LogP contribution >= 0.6 is 11.3 Å². The number of aromatic nitrogens is 4. The summed E-state index contributed by atoms with van der Waals surface area (Å²) < 4.78 is 2.53. The number of rotatable bonds is 4. The number of hydrogen-bond donors (Lipinski definition) is 0. The maximum absolute atomic E-state index is 5.32. The van der Waals surface area contributed by atoms with Gasteiger partial charge in [-0.25, -0.2) is 19.9 Å². The third-order valence-electron chi connectivity index (χ3n) is 8.29. The van der Waals surface area contributed by atoms with E-state index in [2.05, 4.69) is 84.9 Å². The molecule has 0 spiro atoms. The summed E-state index contributed by atoms with van der Waals surface area (Å²) in [6.45, 7) is 0. The minimum Gasteiger partial charge on any atom is -0.247 e. The Morgan fingerprint density at radius 3 is 1.56 bits per heavy atom. The summed E-state index contributed by atoms with van der Waals surface area (Å²) in [6, 6.07) is 50.3. The molecule has 0 atom stereocenters. The van der Waals surface area contributed by atoms with Crippen LogP contribution in [0.15, 0.2) is 146 Å². The molecular weight excluding hydrogens is 569 g/mol. The molecule has 0 aliphatic carbocycles. The van der Waals surface area contributed by atoms with Gasteiger partial charge in [0.15, 0.2) is 17.5 Å². The molecule has 6 aromatic carbocycles. The van der Waals surface area contributed by atoms with Crippen LogP contribution in [0, 0.1) is 0 Å². The average Bonchev–Trinajstić information content (AvgIpc) is 3.51. The summed E-state index contributed by atoms with van der Waals surface area (Å²) in [5, 5.41) is 6.04. The highest BCUT2D eigenvalue weighted by Crippen LogP contribution is 2.43. The summed E-state index contributed by atoms with van der Waals surface area (Å²) in [7, 11) is 0. The van der Waals surface area contributed by atoms with Gasteiger partial charge < -0.3 is 0 Å². The van der Waals surface area contributed by atoms with Crippen molar-refractivity contribution < 1.29 is 0 Å². The number of benzene rings is 6. The molecule has 0 radical (unpaired) electrons. The van der Waals surface area contributed by atoms with E-state index < -0.39 is 0 Å². The van der Waals surface area contributed by atoms with E-state index in [9.17, 15) is 0 Å². The molecule has 0 unspecified atom stereocenters. The third kappa shape index (κ3) is 4.44. The Hall–Kier alpha value is -5.78. The first-order chi connectivity index (χ1) is 22.3. The molecule has 210 valence electrons. The van der Waals surface area contributed by atoms with Crippen LogP contribution < -0.4 is 0 Å². The highest BCUT2D eigenvalue weighted by molar-refractivity contribution is 7.26. The molecule has 0 bridgehead atoms. The van der Waals surface area contributed by atoms with Gasteiger partial charge in [-0.15, -0.1) is 11.3 Å². The van der Waals surface area contributed by atoms with E-state index in [0.29, 0.717) is 17.5 Å². The lowest BCUT2D eigenvalue weighted by molar-refractivity contribution is 1.07. The smallest absolute Gasteiger partial charge is 0.164 e. The van der Waals surface area contributed by atoms with Crippen LogP contribution in [0.3, 0.4) is 0 Å². The van der Waals surface area contributed by atoms with Crippen molar-refractivity contribution in [2.24, 2.45) is 0 Å². The van der Waals surface area contributed by atoms with Crippen LogP contribution in [0.1, 0.15) is 0 Å². The zero-order chi connectivity index (χ0) is 29.7. The molecule has 0 aliphatic rings. The van der Waals surface area contributed by atoms with Crippen molar-refractivity contribution in [3.8, 4) is 45.4 Å². The van der Waals surface area contributed by atoms with Crippen LogP contribution in [0.2, 0.25) is 0 Å². The first-order valence-electron chi connectivity index (χ1n) is 14.9. The van der Waals surface area contributed by atoms with Gasteiger partial charge in [-0.3, -0.25) is 0 Å². The van der Waals surface area contributed by atoms with Gasteiger partial charge in [0.1, 0.15) is 0 Å². The van der Waals surface area contributed by atoms with E-state index in [1.54, 1.807) is 0 Å². The number of thiophene rings is 1. The quantitative estimate of drug-likeness (QED) is 0.191. The predicted octanol–water partition coefficient (Wildman–Crippen LogP) is 10.6. The van der Waals surface area contributed by atoms with Crippen molar-refractivity contribution in [2.75, 3.05) is 0 Å². The standard InChI is InChI=1S/C40H24N4S/c1-3-11-26(12-4-1)38-42-39(27-13-5-2-6-14-27)44-40(43-38)28-21-19-25(20-22-28)36-35-31-17-9-10-18-34(31)45-37(35)32-23-29-15-7-8-16-30(29)24-33(32)41-36/h1-24H. The summed E-state index contributed by atoms with van der Waals surface area (Å²) in [6.07, 6.45) is 0. The largest absolute Gasteiger partial charge is 0.247 e. The maximum Gasteiger partial charge on any atom is 0.164 e. The second-order valence-corrected chi connectivity index (χ2v) is 12.1. The van der Waals surface area contributed by atoms with Gasteiger partial charge in [0, 0.05) is 47.8 Å². The number of nitrogens with zero attached hydrogens (tertiary/aromatic N) is 4. The van der Waals surface area contributed by atoms with Gasteiger partial charge in [0.05, 0.1) is 11.2 Å². The summed E-state index contributed by atoms with van der Waals surface area (Å²) in [4.78, 5) is 20.0. The minimum absolute atomic E-state index is 0.637. The number of hydrogen-bond acceptors (Lipinski definition) is 5. The van der Waals surface area contributed by atoms with Crippen LogP contribution in [-0.4, -0.2) is 19.9 Å². The Bertz CT molecular complexity index is 2460. The summed E-state index contributed by atoms with van der Waals surface area (Å²) in [5.41, 5.74) is 5.88. The molecule has 9 rings (SSSR count). The van der Waals surface area contributed by atoms with Gasteiger partial charge in [0.2, 0.25) is 0 Å². The second-order valence-electron chi connectivity index (χ2n) is 11.1. The van der Waals surface area contributed by atoms with Crippen LogP contribution in [0.25, 0.3) is 87.3 Å². The zero-order valence-electron chi connectivity index (χ0n) is 24.1. The highest BCUT2D eigenvalue weighted by Gasteiger charge is 2.18. The topological polar surface area (TPSA) is 51.6 Å². The normalized spacial score (nSPS) is 11.6. The molecule has 45 heavy (non-hydrogen) atoms. The molecule has 3 aromatic heterocycles. The van der Waals surface area contributed by atoms with Gasteiger partial charge in [-0.05, 0) is 29.0 Å². The fourth-order valence-corrected chi connectivity index (χ4v) is 7.30. The Morgan fingerprint density at radius 2 is 0.911 bits per heavy atom. The minimum atomic E-state index is 0.637. The molecule has 0 saturated carbocycles. The van der Waals surface area contributed by atoms with Crippen molar-refractivity contribution >= 4 is 53.2 Å². The Morgan fingerprint density at radius 1 is 0.400 bits per heavy atom. The third-order valence-corrected chi connectivity index (χ3v) is 9.49. The summed E-state index contributed by atoms with van der Waals surface area (Å²) in [5.74, 6) is 1.94. The highest BCUT2D eigenvalue weighted by atomic mass is 32.1. The van der Waals surface area contributed by atoms with Crippen LogP contribution in [-0.2, 0) is 0 Å². The summed E-state index contributed by atoms with van der Waals surface area (Å²) >= 11 is 1.84. The number of pyridine rings is 1. The average molecular weight is 593 g/mol. The van der Waals surface area contributed by atoms with Crippen LogP contribution in [0.4, 0.5) is 0 Å². The molecule has 0 aliphatic heterocycles. The van der Waals surface area contributed by atoms with Gasteiger partial charge >= 0.3 is 0 Å². The maximum atomic E-state index is 5.32. The first-order valence-corrected chi connectivity index (χ1v) is 15.7. The van der Waals surface area contributed by atoms with Crippen molar-refractivity contribution in [3.63, 3.8) is 0 Å². The van der Waals surface area contributed by atoms with E-state index in [1.807, 2.05) is 72.0 Å². The first kappa shape index (κ1) is 25.7. The predicted molar refractivity (Wildman–Crippen MR) is 187 cm³/mol. The van der Waals surface area contributed by atoms with E-state index in [0.717, 1.165) is 33.5 Å². The molecule has 3 heterocycles. The van der Waals surface area contributed by atoms with Gasteiger partial charge in [-0.1, -0.05) is 127 Å². The number of fused-ring (bicyclic) bond motifs is 6. The van der Waals surface area contributed by atoms with E-state index >= 15 is 0 Å². The Balaban J connectivity index is 1.22. The van der Waals surface area contributed by atoms with E-state index in [4.69, 9.17) is 19.9 Å². The lowest BCUT2D eigenvalue weighted by Gasteiger charge is -2.11. The molecule has 0 amide bonds. The van der Waals surface area contributed by atoms with E-state index in [1.165, 1.54) is 36.3 Å². The SMILES string of the molecule is c1ccc(-c2nc(-c3ccccc3)nc(-c3ccc(-c4nc5cc6ccccc6cc5c5sc6ccccc6c45)cc3)n2)cc1. The van der Waals surface area contributed by atoms with Crippen molar-refractivity contribution in [1.82, 2.24) is 19.9 Å². The lowest BCUT2D eigenvalue weighted by atomic mass is 10.00. The van der Waals surface area contributed by atoms with E-state index in [-0.39, 0.29) is 0 Å². The lowest BCUT2D eigenvalue weighted by Crippen LogP contribution is -2.00. The molecule has 4 nitrogen and oxygen atoms in total. The Kier molecular flexibility index (Phi) is 5.96. The monoisotopic (exact) mass is 592 g/mol. The fraction of sp³-hybridized carbons (Fsp3) is 0. The molecule has 9 aromatic rings. The van der Waals surface area contributed by atoms with Gasteiger partial charge in [-0.2, -0.15) is 0 Å². The van der Waals surface area contributed by atoms with Gasteiger partial charge in [0.25, 0.3) is 0 Å². The second kappa shape index (κ2) is 10.4. The van der Waals surface area contributed by atoms with Crippen molar-refractivity contribution in [3.05, 3.63) is 146 Å². The molecular formula is C40H24N4S. The Labute approximate surface area is 263 Å². The molecule has 0 fully saturated rings. The fourth-order valence-electron chi connectivity index (χ4n) is 6.07. The zero-order valence-corrected chi connectivity index (χ0v) is 24.9. The molecule has 0 saturated heterocycles.